The third kappa shape index (κ3) is 5.12. The highest BCUT2D eigenvalue weighted by atomic mass is 32.1. The van der Waals surface area contributed by atoms with Crippen LogP contribution in [0.1, 0.15) is 38.7 Å². The van der Waals surface area contributed by atoms with Crippen LogP contribution in [-0.2, 0) is 0 Å². The summed E-state index contributed by atoms with van der Waals surface area (Å²) in [5.41, 5.74) is 5.80. The normalized spacial score (nSPS) is 15.1. The van der Waals surface area contributed by atoms with Gasteiger partial charge in [0.15, 0.2) is 0 Å². The number of thiol groups is 1. The third-order valence-electron chi connectivity index (χ3n) is 3.44. The summed E-state index contributed by atoms with van der Waals surface area (Å²) in [6.07, 6.45) is 11.9. The van der Waals surface area contributed by atoms with Crippen LogP contribution in [0.25, 0.3) is 5.57 Å². The van der Waals surface area contributed by atoms with Crippen LogP contribution in [0.2, 0.25) is 0 Å². The van der Waals surface area contributed by atoms with Gasteiger partial charge in [0.2, 0.25) is 0 Å². The van der Waals surface area contributed by atoms with Gasteiger partial charge in [0.1, 0.15) is 0 Å². The molecule has 0 spiro atoms. The van der Waals surface area contributed by atoms with E-state index in [4.69, 9.17) is 0 Å². The van der Waals surface area contributed by atoms with E-state index in [0.29, 0.717) is 0 Å². The van der Waals surface area contributed by atoms with Crippen LogP contribution in [0.3, 0.4) is 0 Å². The zero-order valence-corrected chi connectivity index (χ0v) is 13.1. The van der Waals surface area contributed by atoms with Crippen molar-refractivity contribution in [3.05, 3.63) is 65.3 Å². The lowest BCUT2D eigenvalue weighted by Crippen LogP contribution is -1.91. The number of benzene rings is 1. The molecule has 19 heavy (non-hydrogen) atoms. The van der Waals surface area contributed by atoms with Crippen molar-refractivity contribution >= 4 is 18.2 Å². The van der Waals surface area contributed by atoms with Gasteiger partial charge in [-0.15, -0.1) is 0 Å². The van der Waals surface area contributed by atoms with Crippen molar-refractivity contribution in [3.63, 3.8) is 0 Å². The van der Waals surface area contributed by atoms with Gasteiger partial charge in [-0.1, -0.05) is 59.7 Å². The van der Waals surface area contributed by atoms with Crippen molar-refractivity contribution in [2.75, 3.05) is 6.26 Å². The molecule has 0 fully saturated rings. The van der Waals surface area contributed by atoms with Gasteiger partial charge in [-0.05, 0) is 50.5 Å². The first kappa shape index (κ1) is 15.8. The summed E-state index contributed by atoms with van der Waals surface area (Å²) in [7, 11) is 0. The molecule has 0 amide bonds. The molecule has 1 aromatic carbocycles. The first-order valence-electron chi connectivity index (χ1n) is 6.78. The molecule has 1 heteroatoms. The fourth-order valence-electron chi connectivity index (χ4n) is 2.21. The van der Waals surface area contributed by atoms with Gasteiger partial charge in [-0.2, -0.15) is 12.6 Å². The molecule has 0 radical (unpaired) electrons. The zero-order chi connectivity index (χ0) is 14.1. The molecule has 0 saturated heterocycles. The van der Waals surface area contributed by atoms with E-state index in [1.807, 2.05) is 0 Å². The molecule has 0 aliphatic heterocycles. The second-order valence-corrected chi connectivity index (χ2v) is 4.74. The standard InChI is InChI=1S/C17H20.CH4S/c1-14(13-16-9-5-3-6-10-16)15(2)17-11-7-4-8-12-17;1-2/h3-5,7-9,11-12H,6,10,13H2,1-2H3;2H,1H3/b15-14-;. The Bertz CT molecular complexity index is 464. The summed E-state index contributed by atoms with van der Waals surface area (Å²) >= 11 is 3.53. The van der Waals surface area contributed by atoms with Crippen molar-refractivity contribution in [2.45, 2.75) is 33.1 Å². The molecule has 0 N–H and O–H groups in total. The molecule has 102 valence electrons. The monoisotopic (exact) mass is 272 g/mol. The average Bonchev–Trinajstić information content (AvgIpc) is 2.50. The van der Waals surface area contributed by atoms with Crippen LogP contribution in [0.15, 0.2) is 59.7 Å². The fraction of sp³-hybridized carbons (Fsp3) is 0.333. The van der Waals surface area contributed by atoms with Gasteiger partial charge in [0, 0.05) is 0 Å². The van der Waals surface area contributed by atoms with E-state index in [9.17, 15) is 0 Å². The summed E-state index contributed by atoms with van der Waals surface area (Å²) in [5, 5.41) is 0. The van der Waals surface area contributed by atoms with Crippen LogP contribution in [0.5, 0.6) is 0 Å². The average molecular weight is 272 g/mol. The molecular weight excluding hydrogens is 248 g/mol. The van der Waals surface area contributed by atoms with Crippen molar-refractivity contribution in [1.29, 1.82) is 0 Å². The molecule has 0 heterocycles. The molecule has 0 saturated carbocycles. The van der Waals surface area contributed by atoms with Gasteiger partial charge < -0.3 is 0 Å². The number of allylic oxidation sites excluding steroid dienone is 6. The van der Waals surface area contributed by atoms with Gasteiger partial charge in [-0.25, -0.2) is 0 Å². The Labute approximate surface area is 123 Å². The van der Waals surface area contributed by atoms with Crippen molar-refractivity contribution in [1.82, 2.24) is 0 Å². The SMILES string of the molecule is C/C(CC1=CC=CCC1)=C(\C)c1ccccc1.CS. The predicted octanol–water partition coefficient (Wildman–Crippen LogP) is 5.69. The van der Waals surface area contributed by atoms with Gasteiger partial charge >= 0.3 is 0 Å². The Balaban J connectivity index is 0.000000861. The highest BCUT2D eigenvalue weighted by Crippen LogP contribution is 2.25. The zero-order valence-electron chi connectivity index (χ0n) is 12.2. The van der Waals surface area contributed by atoms with E-state index in [0.717, 1.165) is 6.42 Å². The first-order chi connectivity index (χ1) is 9.27. The molecule has 0 aromatic heterocycles. The highest BCUT2D eigenvalue weighted by molar-refractivity contribution is 7.79. The summed E-state index contributed by atoms with van der Waals surface area (Å²) in [6, 6.07) is 10.7. The lowest BCUT2D eigenvalue weighted by molar-refractivity contribution is 0.905. The third-order valence-corrected chi connectivity index (χ3v) is 3.44. The summed E-state index contributed by atoms with van der Waals surface area (Å²) in [4.78, 5) is 0. The molecular formula is C18H24S. The minimum Gasteiger partial charge on any atom is -0.183 e. The topological polar surface area (TPSA) is 0 Å². The number of hydrogen-bond acceptors (Lipinski definition) is 1. The van der Waals surface area contributed by atoms with Gasteiger partial charge in [0.25, 0.3) is 0 Å². The fourth-order valence-corrected chi connectivity index (χ4v) is 2.21. The van der Waals surface area contributed by atoms with Gasteiger partial charge in [-0.3, -0.25) is 0 Å². The Kier molecular flexibility index (Phi) is 7.35. The van der Waals surface area contributed by atoms with Crippen molar-refractivity contribution in [3.8, 4) is 0 Å². The molecule has 0 atom stereocenters. The van der Waals surface area contributed by atoms with Crippen molar-refractivity contribution in [2.24, 2.45) is 0 Å². The van der Waals surface area contributed by atoms with Crippen LogP contribution < -0.4 is 0 Å². The molecule has 1 aromatic rings. The van der Waals surface area contributed by atoms with Crippen LogP contribution in [-0.4, -0.2) is 6.26 Å². The maximum absolute atomic E-state index is 3.53. The maximum Gasteiger partial charge on any atom is -0.0102 e. The summed E-state index contributed by atoms with van der Waals surface area (Å²) in [5.74, 6) is 0. The Hall–Kier alpha value is -1.21. The van der Waals surface area contributed by atoms with Crippen LogP contribution in [0, 0.1) is 0 Å². The minimum absolute atomic E-state index is 1.12. The molecule has 1 aliphatic carbocycles. The molecule has 1 aliphatic rings. The van der Waals surface area contributed by atoms with E-state index in [2.05, 4.69) is 75.0 Å². The largest absolute Gasteiger partial charge is 0.183 e. The Morgan fingerprint density at radius 3 is 2.37 bits per heavy atom. The number of rotatable bonds is 3. The summed E-state index contributed by atoms with van der Waals surface area (Å²) in [6.45, 7) is 4.48. The molecule has 0 unspecified atom stereocenters. The van der Waals surface area contributed by atoms with E-state index < -0.39 is 0 Å². The lowest BCUT2D eigenvalue weighted by atomic mass is 9.93. The van der Waals surface area contributed by atoms with Crippen LogP contribution in [0.4, 0.5) is 0 Å². The quantitative estimate of drug-likeness (QED) is 0.671. The minimum atomic E-state index is 1.12. The second-order valence-electron chi connectivity index (χ2n) is 4.74. The highest BCUT2D eigenvalue weighted by Gasteiger charge is 2.04. The van der Waals surface area contributed by atoms with E-state index in [-0.39, 0.29) is 0 Å². The summed E-state index contributed by atoms with van der Waals surface area (Å²) < 4.78 is 0. The predicted molar refractivity (Wildman–Crippen MR) is 90.7 cm³/mol. The second kappa shape index (κ2) is 8.82. The maximum atomic E-state index is 3.53. The van der Waals surface area contributed by atoms with Gasteiger partial charge in [0.05, 0.1) is 0 Å². The van der Waals surface area contributed by atoms with Crippen LogP contribution >= 0.6 is 12.6 Å². The number of hydrogen-bond donors (Lipinski definition) is 1. The molecule has 0 nitrogen and oxygen atoms in total. The Morgan fingerprint density at radius 1 is 1.11 bits per heavy atom. The molecule has 2 rings (SSSR count). The van der Waals surface area contributed by atoms with Crippen molar-refractivity contribution < 1.29 is 0 Å². The van der Waals surface area contributed by atoms with E-state index in [1.165, 1.54) is 29.6 Å². The lowest BCUT2D eigenvalue weighted by Gasteiger charge is -2.12. The van der Waals surface area contributed by atoms with E-state index in [1.54, 1.807) is 11.8 Å². The smallest absolute Gasteiger partial charge is 0.0102 e. The van der Waals surface area contributed by atoms with E-state index >= 15 is 0 Å². The Morgan fingerprint density at radius 2 is 1.79 bits per heavy atom. The molecule has 0 bridgehead atoms. The first-order valence-corrected chi connectivity index (χ1v) is 7.68.